The topological polar surface area (TPSA) is 81.4 Å². The van der Waals surface area contributed by atoms with Crippen LogP contribution in [-0.2, 0) is 14.8 Å². The number of hydrogen-bond donors (Lipinski definition) is 2. The smallest absolute Gasteiger partial charge is 0.235 e. The van der Waals surface area contributed by atoms with Gasteiger partial charge in [0.05, 0.1) is 16.6 Å². The summed E-state index contributed by atoms with van der Waals surface area (Å²) in [5.41, 5.74) is 6.60. The Balaban J connectivity index is 2.25. The molecule has 1 aromatic rings. The van der Waals surface area contributed by atoms with Gasteiger partial charge in [0.25, 0.3) is 0 Å². The van der Waals surface area contributed by atoms with E-state index in [0.29, 0.717) is 41.9 Å². The van der Waals surface area contributed by atoms with Crippen LogP contribution in [0.25, 0.3) is 0 Å². The van der Waals surface area contributed by atoms with E-state index in [1.165, 1.54) is 0 Å². The Kier molecular flexibility index (Phi) is 4.75. The molecular weight excluding hydrogens is 400 g/mol. The lowest BCUT2D eigenvalue weighted by Crippen LogP contribution is -2.33. The number of nitrogen functional groups attached to an aromatic ring is 1. The highest BCUT2D eigenvalue weighted by atomic mass is 79.9. The average Bonchev–Trinajstić information content (AvgIpc) is 2.35. The molecule has 0 radical (unpaired) electrons. The van der Waals surface area contributed by atoms with Crippen LogP contribution < -0.4 is 10.5 Å². The summed E-state index contributed by atoms with van der Waals surface area (Å²) in [6.07, 6.45) is 1.01. The number of sulfonamides is 1. The fourth-order valence-electron chi connectivity index (χ4n) is 1.91. The maximum Gasteiger partial charge on any atom is 0.235 e. The van der Waals surface area contributed by atoms with Gasteiger partial charge in [-0.25, -0.2) is 8.42 Å². The number of rotatable bonds is 3. The molecule has 1 aromatic carbocycles. The van der Waals surface area contributed by atoms with E-state index in [0.717, 1.165) is 4.47 Å². The predicted molar refractivity (Wildman–Crippen MR) is 82.6 cm³/mol. The van der Waals surface area contributed by atoms with Crippen molar-refractivity contribution >= 4 is 53.3 Å². The lowest BCUT2D eigenvalue weighted by Gasteiger charge is -2.23. The quantitative estimate of drug-likeness (QED) is 0.746. The van der Waals surface area contributed by atoms with Crippen molar-refractivity contribution in [3.05, 3.63) is 21.1 Å². The highest BCUT2D eigenvalue weighted by molar-refractivity contribution is 9.11. The first-order valence-electron chi connectivity index (χ1n) is 5.74. The van der Waals surface area contributed by atoms with E-state index in [1.54, 1.807) is 12.1 Å². The molecule has 3 N–H and O–H groups in total. The minimum Gasteiger partial charge on any atom is -0.397 e. The minimum absolute atomic E-state index is 0.372. The predicted octanol–water partition coefficient (Wildman–Crippen LogP) is 2.71. The summed E-state index contributed by atoms with van der Waals surface area (Å²) < 4.78 is 33.7. The molecule has 1 heterocycles. The van der Waals surface area contributed by atoms with E-state index in [4.69, 9.17) is 10.5 Å². The molecule has 0 atom stereocenters. The second-order valence-electron chi connectivity index (χ2n) is 4.31. The number of benzene rings is 1. The molecule has 0 amide bonds. The molecular formula is C11H14Br2N2O3S. The molecule has 1 aliphatic heterocycles. The Labute approximate surface area is 129 Å². The molecule has 1 saturated heterocycles. The molecule has 0 aliphatic carbocycles. The summed E-state index contributed by atoms with van der Waals surface area (Å²) in [6, 6.07) is 3.41. The molecule has 5 nitrogen and oxygen atoms in total. The second-order valence-corrected chi connectivity index (χ2v) is 8.04. The molecule has 0 unspecified atom stereocenters. The maximum absolute atomic E-state index is 12.3. The molecule has 0 bridgehead atoms. The van der Waals surface area contributed by atoms with Gasteiger partial charge in [0.2, 0.25) is 10.0 Å². The van der Waals surface area contributed by atoms with Gasteiger partial charge in [-0.3, -0.25) is 4.72 Å². The summed E-state index contributed by atoms with van der Waals surface area (Å²) >= 11 is 6.61. The van der Waals surface area contributed by atoms with Crippen LogP contribution in [0.15, 0.2) is 21.1 Å². The van der Waals surface area contributed by atoms with E-state index in [2.05, 4.69) is 36.6 Å². The molecule has 0 aromatic heterocycles. The molecule has 0 spiro atoms. The van der Waals surface area contributed by atoms with Crippen LogP contribution in [0.5, 0.6) is 0 Å². The Hall–Kier alpha value is -0.310. The Bertz CT molecular complexity index is 548. The zero-order valence-electron chi connectivity index (χ0n) is 10.0. The van der Waals surface area contributed by atoms with Crippen LogP contribution in [0.3, 0.4) is 0 Å². The summed E-state index contributed by atoms with van der Waals surface area (Å²) in [6.45, 7) is 0.950. The van der Waals surface area contributed by atoms with Crippen LogP contribution in [0, 0.1) is 0 Å². The average molecular weight is 414 g/mol. The Morgan fingerprint density at radius 3 is 2.47 bits per heavy atom. The minimum atomic E-state index is -3.45. The van der Waals surface area contributed by atoms with Gasteiger partial charge in [-0.15, -0.1) is 0 Å². The summed E-state index contributed by atoms with van der Waals surface area (Å²) in [5, 5.41) is -0.434. The van der Waals surface area contributed by atoms with Gasteiger partial charge in [0.1, 0.15) is 0 Å². The van der Waals surface area contributed by atoms with Crippen molar-refractivity contribution in [3.63, 3.8) is 0 Å². The van der Waals surface area contributed by atoms with Crippen molar-refractivity contribution in [1.29, 1.82) is 0 Å². The molecule has 2 rings (SSSR count). The number of anilines is 2. The summed E-state index contributed by atoms with van der Waals surface area (Å²) in [7, 11) is -3.45. The van der Waals surface area contributed by atoms with Gasteiger partial charge in [0.15, 0.2) is 0 Å². The first-order chi connectivity index (χ1) is 8.90. The summed E-state index contributed by atoms with van der Waals surface area (Å²) in [5.74, 6) is 0. The third kappa shape index (κ3) is 3.62. The van der Waals surface area contributed by atoms with Crippen molar-refractivity contribution in [2.75, 3.05) is 23.7 Å². The van der Waals surface area contributed by atoms with E-state index in [9.17, 15) is 8.42 Å². The maximum atomic E-state index is 12.3. The van der Waals surface area contributed by atoms with Crippen LogP contribution in [0.1, 0.15) is 12.8 Å². The van der Waals surface area contributed by atoms with Crippen LogP contribution in [0.4, 0.5) is 11.4 Å². The molecule has 1 fully saturated rings. The third-order valence-corrected chi connectivity index (χ3v) is 5.86. The van der Waals surface area contributed by atoms with E-state index < -0.39 is 15.3 Å². The van der Waals surface area contributed by atoms with Crippen molar-refractivity contribution in [2.24, 2.45) is 0 Å². The molecule has 19 heavy (non-hydrogen) atoms. The number of nitrogens with one attached hydrogen (secondary N) is 1. The zero-order valence-corrected chi connectivity index (χ0v) is 14.0. The van der Waals surface area contributed by atoms with Crippen molar-refractivity contribution in [1.82, 2.24) is 0 Å². The SMILES string of the molecule is Nc1cc(Br)cc(Br)c1NS(=O)(=O)C1CCOCC1. The first kappa shape index (κ1) is 15.1. The molecule has 106 valence electrons. The molecule has 0 saturated carbocycles. The second kappa shape index (κ2) is 5.99. The fraction of sp³-hybridized carbons (Fsp3) is 0.455. The highest BCUT2D eigenvalue weighted by Crippen LogP contribution is 2.34. The largest absolute Gasteiger partial charge is 0.397 e. The van der Waals surface area contributed by atoms with Crippen LogP contribution in [0.2, 0.25) is 0 Å². The zero-order chi connectivity index (χ0) is 14.0. The van der Waals surface area contributed by atoms with E-state index in [1.807, 2.05) is 0 Å². The van der Waals surface area contributed by atoms with Gasteiger partial charge in [-0.2, -0.15) is 0 Å². The number of halogens is 2. The van der Waals surface area contributed by atoms with Gasteiger partial charge in [-0.05, 0) is 40.9 Å². The lowest BCUT2D eigenvalue weighted by molar-refractivity contribution is 0.0984. The van der Waals surface area contributed by atoms with E-state index in [-0.39, 0.29) is 0 Å². The monoisotopic (exact) mass is 412 g/mol. The van der Waals surface area contributed by atoms with Gasteiger partial charge in [-0.1, -0.05) is 15.9 Å². The van der Waals surface area contributed by atoms with Gasteiger partial charge < -0.3 is 10.5 Å². The van der Waals surface area contributed by atoms with Crippen LogP contribution >= 0.6 is 31.9 Å². The molecule has 8 heteroatoms. The standard InChI is InChI=1S/C11H14Br2N2O3S/c12-7-5-9(13)11(10(14)6-7)15-19(16,17)8-1-3-18-4-2-8/h5-6,8,15H,1-4,14H2. The van der Waals surface area contributed by atoms with Crippen molar-refractivity contribution in [2.45, 2.75) is 18.1 Å². The van der Waals surface area contributed by atoms with E-state index >= 15 is 0 Å². The number of nitrogens with two attached hydrogens (primary N) is 1. The van der Waals surface area contributed by atoms with Gasteiger partial charge in [0, 0.05) is 22.2 Å². The Morgan fingerprint density at radius 2 is 1.89 bits per heavy atom. The highest BCUT2D eigenvalue weighted by Gasteiger charge is 2.28. The van der Waals surface area contributed by atoms with Crippen molar-refractivity contribution in [3.8, 4) is 0 Å². The first-order valence-corrected chi connectivity index (χ1v) is 8.87. The number of hydrogen-bond acceptors (Lipinski definition) is 4. The normalized spacial score (nSPS) is 17.4. The summed E-state index contributed by atoms with van der Waals surface area (Å²) in [4.78, 5) is 0. The van der Waals surface area contributed by atoms with Crippen LogP contribution in [-0.4, -0.2) is 26.9 Å². The van der Waals surface area contributed by atoms with Gasteiger partial charge >= 0.3 is 0 Å². The van der Waals surface area contributed by atoms with Crippen molar-refractivity contribution < 1.29 is 13.2 Å². The molecule has 1 aliphatic rings. The third-order valence-electron chi connectivity index (χ3n) is 2.94. The number of ether oxygens (including phenoxy) is 1. The lowest BCUT2D eigenvalue weighted by atomic mass is 10.2. The Morgan fingerprint density at radius 1 is 1.26 bits per heavy atom. The fourth-order valence-corrected chi connectivity index (χ4v) is 4.89.